The van der Waals surface area contributed by atoms with Gasteiger partial charge in [-0.25, -0.2) is 0 Å². The Bertz CT molecular complexity index is 732. The van der Waals surface area contributed by atoms with E-state index in [0.717, 1.165) is 0 Å². The van der Waals surface area contributed by atoms with Gasteiger partial charge in [-0.1, -0.05) is 29.9 Å². The summed E-state index contributed by atoms with van der Waals surface area (Å²) in [4.78, 5) is 12.5. The van der Waals surface area contributed by atoms with Crippen LogP contribution in [0.3, 0.4) is 0 Å². The van der Waals surface area contributed by atoms with Gasteiger partial charge in [-0.3, -0.25) is 4.79 Å². The highest BCUT2D eigenvalue weighted by atomic mass is 35.5. The van der Waals surface area contributed by atoms with Crippen molar-refractivity contribution < 1.29 is 9.90 Å². The van der Waals surface area contributed by atoms with Crippen LogP contribution >= 0.6 is 23.8 Å². The number of anilines is 1. The van der Waals surface area contributed by atoms with Crippen molar-refractivity contribution in [3.05, 3.63) is 58.1 Å². The van der Waals surface area contributed by atoms with Crippen LogP contribution in [0.4, 0.5) is 5.69 Å². The fraction of sp³-hybridized carbons (Fsp3) is 0.0667. The van der Waals surface area contributed by atoms with Crippen molar-refractivity contribution in [1.29, 1.82) is 0 Å². The Morgan fingerprint density at radius 2 is 2.00 bits per heavy atom. The summed E-state index contributed by atoms with van der Waals surface area (Å²) in [5, 5.41) is 12.8. The molecule has 0 aliphatic rings. The van der Waals surface area contributed by atoms with Crippen molar-refractivity contribution in [2.75, 3.05) is 5.32 Å². The van der Waals surface area contributed by atoms with Crippen molar-refractivity contribution in [2.24, 2.45) is 5.73 Å². The minimum Gasteiger partial charge on any atom is -0.508 e. The Hall–Kier alpha value is -2.11. The summed E-state index contributed by atoms with van der Waals surface area (Å²) < 4.78 is 0. The zero-order chi connectivity index (χ0) is 15.6. The third-order valence-electron chi connectivity index (χ3n) is 3.05. The molecule has 6 heteroatoms. The number of phenolic OH excluding ortho intramolecular Hbond substituents is 1. The van der Waals surface area contributed by atoms with Gasteiger partial charge in [0.15, 0.2) is 0 Å². The van der Waals surface area contributed by atoms with Crippen LogP contribution in [-0.2, 0) is 0 Å². The predicted octanol–water partition coefficient (Wildman–Crippen LogP) is 3.24. The minimum atomic E-state index is -0.372. The molecule has 2 aromatic carbocycles. The first-order chi connectivity index (χ1) is 9.90. The molecule has 0 aliphatic carbocycles. The molecule has 1 amide bonds. The number of hydrogen-bond donors (Lipinski definition) is 3. The molecule has 0 radical (unpaired) electrons. The topological polar surface area (TPSA) is 75.3 Å². The zero-order valence-corrected chi connectivity index (χ0v) is 12.8. The van der Waals surface area contributed by atoms with Gasteiger partial charge in [0.2, 0.25) is 0 Å². The fourth-order valence-corrected chi connectivity index (χ4v) is 2.24. The number of carbonyl (C=O) groups is 1. The second kappa shape index (κ2) is 6.11. The van der Waals surface area contributed by atoms with E-state index in [1.807, 2.05) is 0 Å². The van der Waals surface area contributed by atoms with Crippen LogP contribution < -0.4 is 11.1 Å². The Balaban J connectivity index is 2.38. The Morgan fingerprint density at radius 1 is 1.29 bits per heavy atom. The summed E-state index contributed by atoms with van der Waals surface area (Å²) in [7, 11) is 0. The summed E-state index contributed by atoms with van der Waals surface area (Å²) in [5.74, 6) is -0.313. The van der Waals surface area contributed by atoms with E-state index in [1.165, 1.54) is 6.07 Å². The molecule has 0 aromatic heterocycles. The highest BCUT2D eigenvalue weighted by molar-refractivity contribution is 7.80. The second-order valence-electron chi connectivity index (χ2n) is 4.46. The lowest BCUT2D eigenvalue weighted by atomic mass is 10.1. The van der Waals surface area contributed by atoms with E-state index in [2.05, 4.69) is 5.32 Å². The van der Waals surface area contributed by atoms with Gasteiger partial charge in [-0.2, -0.15) is 0 Å². The fourth-order valence-electron chi connectivity index (χ4n) is 1.89. The molecular weight excluding hydrogens is 308 g/mol. The van der Waals surface area contributed by atoms with Crippen LogP contribution in [0.2, 0.25) is 5.02 Å². The average molecular weight is 321 g/mol. The molecule has 0 saturated heterocycles. The van der Waals surface area contributed by atoms with E-state index in [9.17, 15) is 9.90 Å². The predicted molar refractivity (Wildman–Crippen MR) is 88.1 cm³/mol. The first kappa shape index (κ1) is 15.3. The van der Waals surface area contributed by atoms with Gasteiger partial charge in [0.05, 0.1) is 5.69 Å². The molecule has 4 N–H and O–H groups in total. The standard InChI is InChI=1S/C15H13ClN2O2S/c1-8-10(3-2-4-13(8)19)15(20)18-12-7-9(16)5-6-11(12)14(17)21/h2-7,19H,1H3,(H2,17,21)(H,18,20). The summed E-state index contributed by atoms with van der Waals surface area (Å²) in [6.07, 6.45) is 0. The van der Waals surface area contributed by atoms with Crippen LogP contribution in [-0.4, -0.2) is 16.0 Å². The van der Waals surface area contributed by atoms with Gasteiger partial charge in [-0.05, 0) is 37.3 Å². The first-order valence-electron chi connectivity index (χ1n) is 6.09. The number of nitrogens with one attached hydrogen (secondary N) is 1. The molecule has 0 atom stereocenters. The lowest BCUT2D eigenvalue weighted by Crippen LogP contribution is -2.18. The minimum absolute atomic E-state index is 0.0586. The maximum Gasteiger partial charge on any atom is 0.256 e. The lowest BCUT2D eigenvalue weighted by molar-refractivity contribution is 0.102. The Morgan fingerprint density at radius 3 is 2.67 bits per heavy atom. The highest BCUT2D eigenvalue weighted by Gasteiger charge is 2.14. The highest BCUT2D eigenvalue weighted by Crippen LogP contribution is 2.24. The van der Waals surface area contributed by atoms with E-state index < -0.39 is 0 Å². The van der Waals surface area contributed by atoms with Crippen LogP contribution in [0.5, 0.6) is 5.75 Å². The average Bonchev–Trinajstić information content (AvgIpc) is 2.41. The molecule has 2 rings (SSSR count). The Labute approximate surface area is 132 Å². The normalized spacial score (nSPS) is 10.2. The molecule has 0 bridgehead atoms. The lowest BCUT2D eigenvalue weighted by Gasteiger charge is -2.12. The third kappa shape index (κ3) is 3.32. The molecule has 0 heterocycles. The number of rotatable bonds is 3. The molecule has 2 aromatic rings. The monoisotopic (exact) mass is 320 g/mol. The van der Waals surface area contributed by atoms with Gasteiger partial charge in [0.1, 0.15) is 10.7 Å². The van der Waals surface area contributed by atoms with Crippen LogP contribution in [0.15, 0.2) is 36.4 Å². The van der Waals surface area contributed by atoms with Crippen molar-refractivity contribution in [3.8, 4) is 5.75 Å². The summed E-state index contributed by atoms with van der Waals surface area (Å²) in [5.41, 5.74) is 7.45. The van der Waals surface area contributed by atoms with E-state index in [-0.39, 0.29) is 16.6 Å². The SMILES string of the molecule is Cc1c(O)cccc1C(=O)Nc1cc(Cl)ccc1C(N)=S. The Kier molecular flexibility index (Phi) is 4.45. The molecule has 108 valence electrons. The number of hydrogen-bond acceptors (Lipinski definition) is 3. The summed E-state index contributed by atoms with van der Waals surface area (Å²) in [6.45, 7) is 1.66. The van der Waals surface area contributed by atoms with Crippen LogP contribution in [0, 0.1) is 6.92 Å². The number of amides is 1. The smallest absolute Gasteiger partial charge is 0.256 e. The van der Waals surface area contributed by atoms with Gasteiger partial charge >= 0.3 is 0 Å². The number of phenols is 1. The second-order valence-corrected chi connectivity index (χ2v) is 5.33. The van der Waals surface area contributed by atoms with Crippen molar-refractivity contribution in [3.63, 3.8) is 0 Å². The van der Waals surface area contributed by atoms with Gasteiger partial charge in [-0.15, -0.1) is 0 Å². The van der Waals surface area contributed by atoms with Crippen molar-refractivity contribution in [1.82, 2.24) is 0 Å². The summed E-state index contributed by atoms with van der Waals surface area (Å²) >= 11 is 10.9. The molecule has 0 fully saturated rings. The maximum absolute atomic E-state index is 12.3. The number of thiocarbonyl (C=S) groups is 1. The van der Waals surface area contributed by atoms with Gasteiger partial charge < -0.3 is 16.2 Å². The number of halogens is 1. The number of carbonyl (C=O) groups excluding carboxylic acids is 1. The van der Waals surface area contributed by atoms with E-state index >= 15 is 0 Å². The molecule has 0 saturated carbocycles. The van der Waals surface area contributed by atoms with Crippen LogP contribution in [0.25, 0.3) is 0 Å². The van der Waals surface area contributed by atoms with Gasteiger partial charge in [0.25, 0.3) is 5.91 Å². The number of benzene rings is 2. The molecule has 0 spiro atoms. The quantitative estimate of drug-likeness (QED) is 0.759. The summed E-state index contributed by atoms with van der Waals surface area (Å²) in [6, 6.07) is 9.61. The van der Waals surface area contributed by atoms with Crippen molar-refractivity contribution >= 4 is 40.4 Å². The van der Waals surface area contributed by atoms with Gasteiger partial charge in [0, 0.05) is 21.7 Å². The van der Waals surface area contributed by atoms with E-state index in [4.69, 9.17) is 29.6 Å². The third-order valence-corrected chi connectivity index (χ3v) is 3.50. The molecule has 4 nitrogen and oxygen atoms in total. The van der Waals surface area contributed by atoms with E-state index in [0.29, 0.717) is 27.4 Å². The molecular formula is C15H13ClN2O2S. The largest absolute Gasteiger partial charge is 0.508 e. The molecule has 0 unspecified atom stereocenters. The molecule has 0 aliphatic heterocycles. The number of nitrogens with two attached hydrogens (primary N) is 1. The molecule has 21 heavy (non-hydrogen) atoms. The maximum atomic E-state index is 12.3. The first-order valence-corrected chi connectivity index (χ1v) is 6.88. The van der Waals surface area contributed by atoms with Crippen LogP contribution in [0.1, 0.15) is 21.5 Å². The van der Waals surface area contributed by atoms with E-state index in [1.54, 1.807) is 37.3 Å². The van der Waals surface area contributed by atoms with Crippen molar-refractivity contribution in [2.45, 2.75) is 6.92 Å². The zero-order valence-electron chi connectivity index (χ0n) is 11.2. The number of aromatic hydroxyl groups is 1.